The van der Waals surface area contributed by atoms with Crippen molar-refractivity contribution >= 4 is 11.9 Å². The van der Waals surface area contributed by atoms with Gasteiger partial charge in [0.25, 0.3) is 0 Å². The fourth-order valence-corrected chi connectivity index (χ4v) is 1.15. The molecule has 0 bridgehead atoms. The molecule has 0 amide bonds. The van der Waals surface area contributed by atoms with Crippen molar-refractivity contribution in [2.24, 2.45) is 0 Å². The van der Waals surface area contributed by atoms with Crippen LogP contribution in [-0.2, 0) is 17.1 Å². The number of carboxylic acids is 2. The number of aromatic carboxylic acids is 2. The summed E-state index contributed by atoms with van der Waals surface area (Å²) >= 11 is 0. The molecule has 129 valence electrons. The predicted octanol–water partition coefficient (Wildman–Crippen LogP) is -3.20. The second kappa shape index (κ2) is 17.8. The van der Waals surface area contributed by atoms with Crippen LogP contribution in [0.2, 0.25) is 0 Å². The number of benzene rings is 2. The molecule has 0 fully saturated rings. The van der Waals surface area contributed by atoms with Gasteiger partial charge < -0.3 is 41.7 Å². The molecular weight excluding hydrogens is 351 g/mol. The second-order valence-electron chi connectivity index (χ2n) is 3.31. The number of carboxylic acid groups (broad SMARTS) is 2. The molecule has 8 nitrogen and oxygen atoms in total. The molecule has 0 spiro atoms. The van der Waals surface area contributed by atoms with Crippen LogP contribution in [0.3, 0.4) is 0 Å². The second-order valence-corrected chi connectivity index (χ2v) is 3.31. The first-order valence-corrected chi connectivity index (χ1v) is 5.14. The van der Waals surface area contributed by atoms with Crippen molar-refractivity contribution in [1.82, 2.24) is 0 Å². The first kappa shape index (κ1) is 32.6. The number of rotatable bonds is 2. The maximum atomic E-state index is 10.1. The van der Waals surface area contributed by atoms with E-state index in [2.05, 4.69) is 0 Å². The van der Waals surface area contributed by atoms with Crippen molar-refractivity contribution in [2.45, 2.75) is 0 Å². The summed E-state index contributed by atoms with van der Waals surface area (Å²) in [5.74, 6) is -2.26. The van der Waals surface area contributed by atoms with E-state index < -0.39 is 11.9 Å². The molecule has 0 aliphatic carbocycles. The molecule has 23 heavy (non-hydrogen) atoms. The molecule has 8 N–H and O–H groups in total. The Bertz CT molecular complexity index is 469. The summed E-state index contributed by atoms with van der Waals surface area (Å²) in [5, 5.41) is 20.2. The van der Waals surface area contributed by atoms with Crippen LogP contribution in [0.4, 0.5) is 0 Å². The van der Waals surface area contributed by atoms with Gasteiger partial charge in [-0.2, -0.15) is 0 Å². The minimum Gasteiger partial charge on any atom is -0.545 e. The van der Waals surface area contributed by atoms with Crippen LogP contribution in [0.15, 0.2) is 60.7 Å². The molecule has 0 heterocycles. The van der Waals surface area contributed by atoms with E-state index in [1.165, 1.54) is 24.3 Å². The van der Waals surface area contributed by atoms with Gasteiger partial charge in [0.2, 0.25) is 0 Å². The smallest absolute Gasteiger partial charge is 0.545 e. The van der Waals surface area contributed by atoms with Crippen LogP contribution in [0.5, 0.6) is 0 Å². The number of hydrogen-bond acceptors (Lipinski definition) is 4. The van der Waals surface area contributed by atoms with Crippen LogP contribution in [-0.4, -0.2) is 33.8 Å². The predicted molar refractivity (Wildman–Crippen MR) is 76.0 cm³/mol. The summed E-state index contributed by atoms with van der Waals surface area (Å²) in [5.41, 5.74) is 0.440. The van der Waals surface area contributed by atoms with Crippen molar-refractivity contribution in [2.75, 3.05) is 0 Å². The van der Waals surface area contributed by atoms with E-state index in [0.717, 1.165) is 0 Å². The molecule has 0 unspecified atom stereocenters. The molecule has 2 aromatic rings. The first-order chi connectivity index (χ1) is 8.61. The van der Waals surface area contributed by atoms with Crippen molar-refractivity contribution < 1.29 is 58.8 Å². The Morgan fingerprint density at radius 2 is 0.783 bits per heavy atom. The zero-order chi connectivity index (χ0) is 13.4. The van der Waals surface area contributed by atoms with E-state index in [1.807, 2.05) is 0 Å². The Balaban J connectivity index is -0.0000000771. The zero-order valence-corrected chi connectivity index (χ0v) is 13.0. The van der Waals surface area contributed by atoms with Gasteiger partial charge in [-0.05, 0) is 11.1 Å². The maximum Gasteiger partial charge on any atom is 2.00 e. The van der Waals surface area contributed by atoms with Gasteiger partial charge in [0, 0.05) is 0 Å². The van der Waals surface area contributed by atoms with Gasteiger partial charge in [-0.3, -0.25) is 0 Å². The SMILES string of the molecule is O.O.O.O.O=C([O-])c1ccccc1.O=C([O-])c1ccccc1.[Mn+2]. The van der Waals surface area contributed by atoms with Crippen LogP contribution in [0.25, 0.3) is 0 Å². The Morgan fingerprint density at radius 3 is 0.913 bits per heavy atom. The topological polar surface area (TPSA) is 206 Å². The Hall–Kier alpha value is -2.26. The van der Waals surface area contributed by atoms with Crippen LogP contribution < -0.4 is 10.2 Å². The van der Waals surface area contributed by atoms with Crippen molar-refractivity contribution in [1.29, 1.82) is 0 Å². The molecule has 2 aromatic carbocycles. The van der Waals surface area contributed by atoms with E-state index in [9.17, 15) is 19.8 Å². The van der Waals surface area contributed by atoms with Crippen LogP contribution >= 0.6 is 0 Å². The monoisotopic (exact) mass is 369 g/mol. The molecule has 0 aliphatic rings. The molecule has 0 aromatic heterocycles. The Kier molecular flexibility index (Phi) is 25.2. The van der Waals surface area contributed by atoms with Gasteiger partial charge in [-0.25, -0.2) is 0 Å². The molecule has 0 aliphatic heterocycles. The third kappa shape index (κ3) is 13.1. The summed E-state index contributed by atoms with van der Waals surface area (Å²) in [6.45, 7) is 0. The minimum atomic E-state index is -1.13. The number of carbonyl (C=O) groups is 2. The van der Waals surface area contributed by atoms with Crippen molar-refractivity contribution in [3.8, 4) is 0 Å². The maximum absolute atomic E-state index is 10.1. The summed E-state index contributed by atoms with van der Waals surface area (Å²) in [6.07, 6.45) is 0. The average molecular weight is 369 g/mol. The number of hydrogen-bond donors (Lipinski definition) is 0. The van der Waals surface area contributed by atoms with Gasteiger partial charge in [0.05, 0.1) is 11.9 Å². The molecule has 9 heteroatoms. The van der Waals surface area contributed by atoms with Gasteiger partial charge >= 0.3 is 17.1 Å². The van der Waals surface area contributed by atoms with Crippen molar-refractivity contribution in [3.63, 3.8) is 0 Å². The van der Waals surface area contributed by atoms with E-state index in [0.29, 0.717) is 0 Å². The largest absolute Gasteiger partial charge is 2.00 e. The normalized spacial score (nSPS) is 6.96. The van der Waals surface area contributed by atoms with Gasteiger partial charge in [0.1, 0.15) is 0 Å². The minimum absolute atomic E-state index is 0. The van der Waals surface area contributed by atoms with E-state index in [1.54, 1.807) is 36.4 Å². The van der Waals surface area contributed by atoms with Gasteiger partial charge in [-0.1, -0.05) is 60.7 Å². The van der Waals surface area contributed by atoms with Crippen LogP contribution in [0, 0.1) is 0 Å². The summed E-state index contributed by atoms with van der Waals surface area (Å²) < 4.78 is 0. The third-order valence-electron chi connectivity index (χ3n) is 2.02. The molecule has 0 saturated carbocycles. The molecule has 0 saturated heterocycles. The first-order valence-electron chi connectivity index (χ1n) is 5.14. The molecule has 0 atom stereocenters. The molecular formula is C14H18MnO8. The fraction of sp³-hybridized carbons (Fsp3) is 0. The summed E-state index contributed by atoms with van der Waals surface area (Å²) in [4.78, 5) is 20.2. The third-order valence-corrected chi connectivity index (χ3v) is 2.02. The zero-order valence-electron chi connectivity index (χ0n) is 11.8. The van der Waals surface area contributed by atoms with Gasteiger partial charge in [0.15, 0.2) is 0 Å². The summed E-state index contributed by atoms with van der Waals surface area (Å²) in [6, 6.07) is 16.1. The van der Waals surface area contributed by atoms with Gasteiger partial charge in [-0.15, -0.1) is 0 Å². The standard InChI is InChI=1S/2C7H6O2.Mn.4H2O/c2*8-7(9)6-4-2-1-3-5-6;;;;;/h2*1-5H,(H,8,9);;4*1H2/q;;+2;;;;/p-2. The summed E-state index contributed by atoms with van der Waals surface area (Å²) in [7, 11) is 0. The number of carbonyl (C=O) groups excluding carboxylic acids is 2. The van der Waals surface area contributed by atoms with E-state index >= 15 is 0 Å². The van der Waals surface area contributed by atoms with Crippen molar-refractivity contribution in [3.05, 3.63) is 71.8 Å². The molecule has 1 radical (unpaired) electrons. The fourth-order valence-electron chi connectivity index (χ4n) is 1.15. The average Bonchev–Trinajstić information content (AvgIpc) is 2.41. The Morgan fingerprint density at radius 1 is 0.565 bits per heavy atom. The quantitative estimate of drug-likeness (QED) is 0.501. The van der Waals surface area contributed by atoms with Crippen LogP contribution in [0.1, 0.15) is 20.7 Å². The van der Waals surface area contributed by atoms with E-state index in [4.69, 9.17) is 0 Å². The molecule has 2 rings (SSSR count). The van der Waals surface area contributed by atoms with E-state index in [-0.39, 0.29) is 50.1 Å². The Labute approximate surface area is 143 Å².